The Kier molecular flexibility index (Phi) is 3.54. The molecule has 0 heterocycles. The zero-order valence-corrected chi connectivity index (χ0v) is 12.6. The smallest absolute Gasteiger partial charge is 0.229 e. The molecule has 100 valence electrons. The van der Waals surface area contributed by atoms with Gasteiger partial charge in [-0.15, -0.1) is 23.2 Å². The maximum absolute atomic E-state index is 11.8. The molecule has 1 N–H and O–H groups in total. The first-order valence-corrected chi connectivity index (χ1v) is 7.84. The number of hydrogen-bond donors (Lipinski definition) is 1. The van der Waals surface area contributed by atoms with Crippen molar-refractivity contribution >= 4 is 38.9 Å². The van der Waals surface area contributed by atoms with Gasteiger partial charge >= 0.3 is 0 Å². The van der Waals surface area contributed by atoms with E-state index in [1.807, 2.05) is 0 Å². The first kappa shape index (κ1) is 15.1. The van der Waals surface area contributed by atoms with Crippen molar-refractivity contribution < 1.29 is 13.2 Å². The van der Waals surface area contributed by atoms with Crippen molar-refractivity contribution in [2.24, 2.45) is 5.41 Å². The van der Waals surface area contributed by atoms with Crippen LogP contribution in [0.5, 0.6) is 0 Å². The number of amides is 1. The molecule has 1 amide bonds. The van der Waals surface area contributed by atoms with E-state index in [0.717, 1.165) is 6.26 Å². The molecule has 0 aromatic heterocycles. The SMILES string of the molecule is CC(C)(CNC(=O)[C@]1(C)CC1(Cl)Cl)S(C)(=O)=O. The monoisotopic (exact) mass is 301 g/mol. The number of nitrogens with one attached hydrogen (secondary N) is 1. The largest absolute Gasteiger partial charge is 0.354 e. The molecule has 1 rings (SSSR count). The van der Waals surface area contributed by atoms with Crippen molar-refractivity contribution in [1.82, 2.24) is 5.32 Å². The molecule has 0 unspecified atom stereocenters. The summed E-state index contributed by atoms with van der Waals surface area (Å²) >= 11 is 11.7. The van der Waals surface area contributed by atoms with Crippen LogP contribution in [0.2, 0.25) is 0 Å². The van der Waals surface area contributed by atoms with Crippen LogP contribution < -0.4 is 5.32 Å². The predicted octanol–water partition coefficient (Wildman–Crippen LogP) is 1.51. The van der Waals surface area contributed by atoms with E-state index in [0.29, 0.717) is 6.42 Å². The van der Waals surface area contributed by atoms with Gasteiger partial charge in [0.25, 0.3) is 0 Å². The molecule has 0 bridgehead atoms. The Morgan fingerprint density at radius 2 is 1.82 bits per heavy atom. The second-order valence-electron chi connectivity index (χ2n) is 5.43. The van der Waals surface area contributed by atoms with Crippen molar-refractivity contribution in [3.05, 3.63) is 0 Å². The van der Waals surface area contributed by atoms with Gasteiger partial charge in [-0.3, -0.25) is 4.79 Å². The van der Waals surface area contributed by atoms with Gasteiger partial charge < -0.3 is 5.32 Å². The third-order valence-electron chi connectivity index (χ3n) is 3.44. The van der Waals surface area contributed by atoms with E-state index in [1.165, 1.54) is 0 Å². The third-order valence-corrected chi connectivity index (χ3v) is 6.69. The first-order chi connectivity index (χ1) is 7.33. The lowest BCUT2D eigenvalue weighted by Gasteiger charge is -2.24. The maximum atomic E-state index is 11.8. The van der Waals surface area contributed by atoms with Crippen molar-refractivity contribution in [3.8, 4) is 0 Å². The van der Waals surface area contributed by atoms with Gasteiger partial charge in [0, 0.05) is 12.8 Å². The van der Waals surface area contributed by atoms with Crippen LogP contribution in [-0.4, -0.2) is 36.2 Å². The Labute approximate surface area is 112 Å². The van der Waals surface area contributed by atoms with Crippen LogP contribution in [0.4, 0.5) is 0 Å². The Morgan fingerprint density at radius 1 is 1.41 bits per heavy atom. The number of rotatable bonds is 4. The van der Waals surface area contributed by atoms with E-state index in [4.69, 9.17) is 23.2 Å². The summed E-state index contributed by atoms with van der Waals surface area (Å²) < 4.78 is 20.9. The summed E-state index contributed by atoms with van der Waals surface area (Å²) in [5.74, 6) is -0.306. The fourth-order valence-electron chi connectivity index (χ4n) is 1.27. The lowest BCUT2D eigenvalue weighted by molar-refractivity contribution is -0.125. The van der Waals surface area contributed by atoms with Gasteiger partial charge in [0.2, 0.25) is 5.91 Å². The molecule has 1 atom stereocenters. The van der Waals surface area contributed by atoms with Gasteiger partial charge in [-0.1, -0.05) is 0 Å². The van der Waals surface area contributed by atoms with Crippen molar-refractivity contribution in [2.75, 3.05) is 12.8 Å². The topological polar surface area (TPSA) is 63.2 Å². The van der Waals surface area contributed by atoms with E-state index in [-0.39, 0.29) is 12.5 Å². The lowest BCUT2D eigenvalue weighted by Crippen LogP contribution is -2.46. The van der Waals surface area contributed by atoms with E-state index < -0.39 is 24.3 Å². The summed E-state index contributed by atoms with van der Waals surface area (Å²) in [6.07, 6.45) is 1.53. The fraction of sp³-hybridized carbons (Fsp3) is 0.900. The molecule has 17 heavy (non-hydrogen) atoms. The van der Waals surface area contributed by atoms with Crippen molar-refractivity contribution in [3.63, 3.8) is 0 Å². The highest BCUT2D eigenvalue weighted by molar-refractivity contribution is 7.92. The molecule has 0 aromatic rings. The number of hydrogen-bond acceptors (Lipinski definition) is 3. The fourth-order valence-corrected chi connectivity index (χ4v) is 2.31. The van der Waals surface area contributed by atoms with Crippen LogP contribution in [0.3, 0.4) is 0 Å². The van der Waals surface area contributed by atoms with E-state index in [1.54, 1.807) is 20.8 Å². The van der Waals surface area contributed by atoms with Gasteiger partial charge in [0.1, 0.15) is 4.33 Å². The van der Waals surface area contributed by atoms with Gasteiger partial charge in [0.15, 0.2) is 9.84 Å². The molecule has 4 nitrogen and oxygen atoms in total. The van der Waals surface area contributed by atoms with Gasteiger partial charge in [-0.25, -0.2) is 8.42 Å². The molecular weight excluding hydrogens is 285 g/mol. The molecular formula is C10H17Cl2NO3S. The molecule has 1 saturated carbocycles. The van der Waals surface area contributed by atoms with Crippen LogP contribution in [0.15, 0.2) is 0 Å². The summed E-state index contributed by atoms with van der Waals surface area (Å²) in [6.45, 7) is 4.83. The Hall–Kier alpha value is -0.000000000000000111. The second kappa shape index (κ2) is 4.00. The maximum Gasteiger partial charge on any atom is 0.229 e. The third kappa shape index (κ3) is 2.71. The molecule has 1 aliphatic rings. The summed E-state index contributed by atoms with van der Waals surface area (Å²) in [7, 11) is -3.23. The minimum absolute atomic E-state index is 0.0457. The predicted molar refractivity (Wildman–Crippen MR) is 69.1 cm³/mol. The van der Waals surface area contributed by atoms with Gasteiger partial charge in [0.05, 0.1) is 10.2 Å². The number of carbonyl (C=O) groups is 1. The number of sulfone groups is 1. The number of halogens is 2. The summed E-state index contributed by atoms with van der Waals surface area (Å²) in [4.78, 5) is 11.8. The van der Waals surface area contributed by atoms with Crippen LogP contribution >= 0.6 is 23.2 Å². The molecule has 1 fully saturated rings. The van der Waals surface area contributed by atoms with E-state index in [2.05, 4.69) is 5.32 Å². The van der Waals surface area contributed by atoms with Crippen molar-refractivity contribution in [1.29, 1.82) is 0 Å². The standard InChI is InChI=1S/C10H17Cl2NO3S/c1-8(2,17(4,15)16)6-13-7(14)9(3)5-10(9,11)12/h5-6H2,1-4H3,(H,13,14)/t9-/m0/s1. The average Bonchev–Trinajstić information content (AvgIpc) is 2.61. The Bertz CT molecular complexity index is 444. The molecule has 0 aliphatic heterocycles. The molecule has 0 saturated heterocycles. The van der Waals surface area contributed by atoms with E-state index in [9.17, 15) is 13.2 Å². The van der Waals surface area contributed by atoms with Gasteiger partial charge in [-0.2, -0.15) is 0 Å². The van der Waals surface area contributed by atoms with Crippen LogP contribution in [0.25, 0.3) is 0 Å². The van der Waals surface area contributed by atoms with Crippen molar-refractivity contribution in [2.45, 2.75) is 36.3 Å². The molecule has 0 spiro atoms. The van der Waals surface area contributed by atoms with Gasteiger partial charge in [-0.05, 0) is 27.2 Å². The minimum Gasteiger partial charge on any atom is -0.354 e. The van der Waals surface area contributed by atoms with E-state index >= 15 is 0 Å². The molecule has 0 radical (unpaired) electrons. The summed E-state index contributed by atoms with van der Waals surface area (Å²) in [5, 5.41) is 2.60. The molecule has 0 aromatic carbocycles. The Morgan fingerprint density at radius 3 is 2.12 bits per heavy atom. The highest BCUT2D eigenvalue weighted by Crippen LogP contribution is 2.63. The molecule has 7 heteroatoms. The minimum atomic E-state index is -3.23. The van der Waals surface area contributed by atoms with Crippen LogP contribution in [0, 0.1) is 5.41 Å². The summed E-state index contributed by atoms with van der Waals surface area (Å²) in [5.41, 5.74) is -0.816. The zero-order valence-electron chi connectivity index (χ0n) is 10.3. The van der Waals surface area contributed by atoms with Crippen LogP contribution in [0.1, 0.15) is 27.2 Å². The first-order valence-electron chi connectivity index (χ1n) is 5.19. The molecule has 1 aliphatic carbocycles. The normalized spacial score (nSPS) is 27.6. The second-order valence-corrected chi connectivity index (χ2v) is 9.56. The number of alkyl halides is 2. The average molecular weight is 302 g/mol. The lowest BCUT2D eigenvalue weighted by atomic mass is 10.1. The number of carbonyl (C=O) groups excluding carboxylic acids is 1. The van der Waals surface area contributed by atoms with Crippen LogP contribution in [-0.2, 0) is 14.6 Å². The highest BCUT2D eigenvalue weighted by Gasteiger charge is 2.67. The zero-order chi connectivity index (χ0) is 13.7. The summed E-state index contributed by atoms with van der Waals surface area (Å²) in [6, 6.07) is 0. The highest BCUT2D eigenvalue weighted by atomic mass is 35.5. The quantitative estimate of drug-likeness (QED) is 0.801. The Balaban J connectivity index is 2.63.